The van der Waals surface area contributed by atoms with E-state index in [1.54, 1.807) is 0 Å². The van der Waals surface area contributed by atoms with Crippen molar-refractivity contribution in [2.75, 3.05) is 46.3 Å². The van der Waals surface area contributed by atoms with Crippen LogP contribution in [-0.2, 0) is 4.79 Å². The SMILES string of the molecule is CN1CCN(C2CN(C(=O)C(F)(F)F)C2)CC1. The summed E-state index contributed by atoms with van der Waals surface area (Å²) in [6, 6.07) is 0.106. The highest BCUT2D eigenvalue weighted by Crippen LogP contribution is 2.24. The predicted octanol–water partition coefficient (Wildman–Crippen LogP) is 0.00690. The molecule has 0 saturated carbocycles. The van der Waals surface area contributed by atoms with Gasteiger partial charge < -0.3 is 9.80 Å². The number of hydrogen-bond donors (Lipinski definition) is 0. The Labute approximate surface area is 97.9 Å². The number of amides is 1. The van der Waals surface area contributed by atoms with Crippen molar-refractivity contribution in [3.63, 3.8) is 0 Å². The molecule has 2 aliphatic heterocycles. The number of rotatable bonds is 1. The van der Waals surface area contributed by atoms with Gasteiger partial charge in [0.25, 0.3) is 0 Å². The fourth-order valence-corrected chi connectivity index (χ4v) is 2.22. The van der Waals surface area contributed by atoms with Crippen LogP contribution in [0.2, 0.25) is 0 Å². The highest BCUT2D eigenvalue weighted by molar-refractivity contribution is 5.82. The molecule has 0 N–H and O–H groups in total. The number of hydrogen-bond acceptors (Lipinski definition) is 3. The predicted molar refractivity (Wildman–Crippen MR) is 55.5 cm³/mol. The van der Waals surface area contributed by atoms with E-state index in [2.05, 4.69) is 9.80 Å². The molecule has 0 aromatic heterocycles. The van der Waals surface area contributed by atoms with Crippen molar-refractivity contribution in [3.05, 3.63) is 0 Å². The average molecular weight is 251 g/mol. The van der Waals surface area contributed by atoms with Gasteiger partial charge in [-0.3, -0.25) is 9.69 Å². The first-order valence-electron chi connectivity index (χ1n) is 5.66. The van der Waals surface area contributed by atoms with Gasteiger partial charge in [0.15, 0.2) is 0 Å². The summed E-state index contributed by atoms with van der Waals surface area (Å²) in [5.41, 5.74) is 0. The molecule has 0 bridgehead atoms. The van der Waals surface area contributed by atoms with Crippen LogP contribution < -0.4 is 0 Å². The van der Waals surface area contributed by atoms with E-state index in [0.29, 0.717) is 0 Å². The number of likely N-dealkylation sites (N-methyl/N-ethyl adjacent to an activating group) is 1. The highest BCUT2D eigenvalue weighted by Gasteiger charge is 2.47. The summed E-state index contributed by atoms with van der Waals surface area (Å²) in [6.45, 7) is 4.03. The van der Waals surface area contributed by atoms with Gasteiger partial charge in [-0.1, -0.05) is 0 Å². The zero-order chi connectivity index (χ0) is 12.6. The van der Waals surface area contributed by atoms with E-state index >= 15 is 0 Å². The highest BCUT2D eigenvalue weighted by atomic mass is 19.4. The molecular weight excluding hydrogens is 235 g/mol. The number of piperazine rings is 1. The van der Waals surface area contributed by atoms with Crippen molar-refractivity contribution in [1.82, 2.24) is 14.7 Å². The second kappa shape index (κ2) is 4.45. The molecule has 0 atom stereocenters. The van der Waals surface area contributed by atoms with Gasteiger partial charge in [-0.05, 0) is 7.05 Å². The van der Waals surface area contributed by atoms with Crippen molar-refractivity contribution < 1.29 is 18.0 Å². The Hall–Kier alpha value is -0.820. The van der Waals surface area contributed by atoms with Crippen LogP contribution in [0.25, 0.3) is 0 Å². The molecule has 0 radical (unpaired) electrons. The summed E-state index contributed by atoms with van der Waals surface area (Å²) in [4.78, 5) is 16.1. The van der Waals surface area contributed by atoms with Gasteiger partial charge >= 0.3 is 12.1 Å². The monoisotopic (exact) mass is 251 g/mol. The summed E-state index contributed by atoms with van der Waals surface area (Å²) in [6.07, 6.45) is -4.73. The molecular formula is C10H16F3N3O. The Balaban J connectivity index is 1.77. The van der Waals surface area contributed by atoms with Crippen molar-refractivity contribution in [2.24, 2.45) is 0 Å². The van der Waals surface area contributed by atoms with Crippen LogP contribution in [-0.4, -0.2) is 79.1 Å². The zero-order valence-electron chi connectivity index (χ0n) is 9.70. The third-order valence-corrected chi connectivity index (χ3v) is 3.45. The van der Waals surface area contributed by atoms with Crippen LogP contribution in [0.5, 0.6) is 0 Å². The number of nitrogens with zero attached hydrogens (tertiary/aromatic N) is 3. The summed E-state index contributed by atoms with van der Waals surface area (Å²) >= 11 is 0. The fourth-order valence-electron chi connectivity index (χ4n) is 2.22. The van der Waals surface area contributed by atoms with E-state index in [1.807, 2.05) is 7.05 Å². The molecule has 0 aromatic rings. The second-order valence-corrected chi connectivity index (χ2v) is 4.70. The van der Waals surface area contributed by atoms with Gasteiger partial charge in [0.2, 0.25) is 0 Å². The molecule has 0 unspecified atom stereocenters. The maximum absolute atomic E-state index is 12.1. The molecule has 98 valence electrons. The van der Waals surface area contributed by atoms with Crippen LogP contribution in [0.3, 0.4) is 0 Å². The van der Waals surface area contributed by atoms with E-state index < -0.39 is 12.1 Å². The molecule has 0 spiro atoms. The van der Waals surface area contributed by atoms with Crippen LogP contribution in [0, 0.1) is 0 Å². The van der Waals surface area contributed by atoms with E-state index in [-0.39, 0.29) is 19.1 Å². The molecule has 2 aliphatic rings. The lowest BCUT2D eigenvalue weighted by Crippen LogP contribution is -2.65. The van der Waals surface area contributed by atoms with Crippen molar-refractivity contribution >= 4 is 5.91 Å². The third-order valence-electron chi connectivity index (χ3n) is 3.45. The maximum atomic E-state index is 12.1. The topological polar surface area (TPSA) is 26.8 Å². The first kappa shape index (κ1) is 12.6. The molecule has 4 nitrogen and oxygen atoms in total. The van der Waals surface area contributed by atoms with E-state index in [4.69, 9.17) is 0 Å². The molecule has 0 aliphatic carbocycles. The van der Waals surface area contributed by atoms with Crippen LogP contribution >= 0.6 is 0 Å². The zero-order valence-corrected chi connectivity index (χ0v) is 9.70. The van der Waals surface area contributed by atoms with Gasteiger partial charge in [0.05, 0.1) is 0 Å². The van der Waals surface area contributed by atoms with Crippen molar-refractivity contribution in [3.8, 4) is 0 Å². The molecule has 7 heteroatoms. The molecule has 17 heavy (non-hydrogen) atoms. The molecule has 1 amide bonds. The van der Waals surface area contributed by atoms with Crippen LogP contribution in [0.1, 0.15) is 0 Å². The summed E-state index contributed by atoms with van der Waals surface area (Å²) in [5.74, 6) is -1.71. The summed E-state index contributed by atoms with van der Waals surface area (Å²) < 4.78 is 36.4. The van der Waals surface area contributed by atoms with Crippen LogP contribution in [0.4, 0.5) is 13.2 Å². The smallest absolute Gasteiger partial charge is 0.332 e. The van der Waals surface area contributed by atoms with E-state index in [1.165, 1.54) is 0 Å². The molecule has 2 heterocycles. The maximum Gasteiger partial charge on any atom is 0.471 e. The van der Waals surface area contributed by atoms with Gasteiger partial charge in [0, 0.05) is 45.3 Å². The quantitative estimate of drug-likeness (QED) is 0.656. The summed E-state index contributed by atoms with van der Waals surface area (Å²) in [5, 5.41) is 0. The average Bonchev–Trinajstić information content (AvgIpc) is 2.17. The standard InChI is InChI=1S/C10H16F3N3O/c1-14-2-4-15(5-3-14)8-6-16(7-8)9(17)10(11,12)13/h8H,2-7H2,1H3. The van der Waals surface area contributed by atoms with Gasteiger partial charge in [-0.25, -0.2) is 0 Å². The second-order valence-electron chi connectivity index (χ2n) is 4.70. The van der Waals surface area contributed by atoms with Gasteiger partial charge in [-0.15, -0.1) is 0 Å². The Morgan fingerprint density at radius 3 is 2.12 bits per heavy atom. The summed E-state index contributed by atoms with van der Waals surface area (Å²) in [7, 11) is 2.03. The fraction of sp³-hybridized carbons (Fsp3) is 0.900. The largest absolute Gasteiger partial charge is 0.471 e. The van der Waals surface area contributed by atoms with Gasteiger partial charge in [0.1, 0.15) is 0 Å². The Morgan fingerprint density at radius 1 is 1.12 bits per heavy atom. The van der Waals surface area contributed by atoms with Crippen LogP contribution in [0.15, 0.2) is 0 Å². The van der Waals surface area contributed by atoms with Crippen molar-refractivity contribution in [2.45, 2.75) is 12.2 Å². The molecule has 0 aromatic carbocycles. The number of carbonyl (C=O) groups excluding carboxylic acids is 1. The number of alkyl halides is 3. The van der Waals surface area contributed by atoms with Crippen molar-refractivity contribution in [1.29, 1.82) is 0 Å². The normalized spacial score (nSPS) is 24.8. The third kappa shape index (κ3) is 2.71. The minimum Gasteiger partial charge on any atom is -0.332 e. The lowest BCUT2D eigenvalue weighted by atomic mass is 10.1. The minimum absolute atomic E-state index is 0.106. The molecule has 2 rings (SSSR count). The number of likely N-dealkylation sites (tertiary alicyclic amines) is 1. The Bertz CT molecular complexity index is 294. The Kier molecular flexibility index (Phi) is 3.31. The number of carbonyl (C=O) groups is 1. The first-order valence-corrected chi connectivity index (χ1v) is 5.66. The molecule has 2 fully saturated rings. The van der Waals surface area contributed by atoms with E-state index in [9.17, 15) is 18.0 Å². The minimum atomic E-state index is -4.73. The lowest BCUT2D eigenvalue weighted by Gasteiger charge is -2.47. The molecule has 2 saturated heterocycles. The first-order chi connectivity index (χ1) is 7.88. The van der Waals surface area contributed by atoms with Gasteiger partial charge in [-0.2, -0.15) is 13.2 Å². The van der Waals surface area contributed by atoms with E-state index in [0.717, 1.165) is 31.1 Å². The number of halogens is 3. The lowest BCUT2D eigenvalue weighted by molar-refractivity contribution is -0.192. The Morgan fingerprint density at radius 2 is 1.65 bits per heavy atom.